The highest BCUT2D eigenvalue weighted by molar-refractivity contribution is 5.98. The fraction of sp³-hybridized carbons (Fsp3) is 0.160. The molecule has 164 valence electrons. The Hall–Kier alpha value is -4.51. The van der Waals surface area contributed by atoms with E-state index in [2.05, 4.69) is 11.0 Å². The van der Waals surface area contributed by atoms with E-state index in [0.29, 0.717) is 30.2 Å². The lowest BCUT2D eigenvalue weighted by molar-refractivity contribution is -0.124. The fourth-order valence-corrected chi connectivity index (χ4v) is 4.26. The smallest absolute Gasteiger partial charge is 0.298 e. The zero-order valence-corrected chi connectivity index (χ0v) is 17.7. The number of likely N-dealkylation sites (tertiary alicyclic amines) is 1. The zero-order chi connectivity index (χ0) is 22.9. The van der Waals surface area contributed by atoms with Crippen molar-refractivity contribution in [2.75, 3.05) is 13.1 Å². The number of rotatable bonds is 5. The van der Waals surface area contributed by atoms with Crippen LogP contribution in [0.4, 0.5) is 0 Å². The van der Waals surface area contributed by atoms with E-state index < -0.39 is 5.91 Å². The normalized spacial score (nSPS) is 15.5. The van der Waals surface area contributed by atoms with Crippen LogP contribution in [0.5, 0.6) is 11.5 Å². The lowest BCUT2D eigenvalue weighted by atomic mass is 10.0. The molecule has 3 heterocycles. The topological polar surface area (TPSA) is 106 Å². The van der Waals surface area contributed by atoms with Gasteiger partial charge in [0.15, 0.2) is 11.3 Å². The van der Waals surface area contributed by atoms with Gasteiger partial charge in [0, 0.05) is 36.3 Å². The number of fused-ring (bicyclic) bond motifs is 1. The monoisotopic (exact) mass is 439 g/mol. The molecule has 5 rings (SSSR count). The Labute approximate surface area is 190 Å². The summed E-state index contributed by atoms with van der Waals surface area (Å²) in [5, 5.41) is 3.09. The Morgan fingerprint density at radius 3 is 2.55 bits per heavy atom. The molecule has 33 heavy (non-hydrogen) atoms. The van der Waals surface area contributed by atoms with Crippen LogP contribution >= 0.6 is 0 Å². The van der Waals surface area contributed by atoms with Crippen LogP contribution in [0, 0.1) is 12.3 Å². The standard InChI is InChI=1S/C25H21N5O3/c1-2-21(31)29-13-12-17(15-29)20-14-27-30-23(24(26)32)22(28-25(20)30)16-8-10-19(11-9-16)33-18-6-4-3-5-7-18/h1,3-11,14,17,27H,12-13,15H2,(H2,26,32). The number of nitrogens with two attached hydrogens (primary N) is 1. The molecule has 2 amide bonds. The molecule has 4 aromatic rings. The molecule has 1 fully saturated rings. The zero-order valence-electron chi connectivity index (χ0n) is 17.7. The number of aromatic amines is 1. The molecule has 0 bridgehead atoms. The number of carbonyl (C=O) groups excluding carboxylic acids is 2. The van der Waals surface area contributed by atoms with E-state index in [4.69, 9.17) is 21.9 Å². The predicted octanol–water partition coefficient (Wildman–Crippen LogP) is 3.17. The molecule has 8 nitrogen and oxygen atoms in total. The van der Waals surface area contributed by atoms with Gasteiger partial charge in [0.1, 0.15) is 17.2 Å². The first kappa shape index (κ1) is 20.4. The van der Waals surface area contributed by atoms with Crippen LogP contribution < -0.4 is 10.5 Å². The first-order valence-electron chi connectivity index (χ1n) is 10.5. The third-order valence-corrected chi connectivity index (χ3v) is 5.86. The van der Waals surface area contributed by atoms with Crippen molar-refractivity contribution in [3.8, 4) is 35.1 Å². The number of ether oxygens (including phenoxy) is 1. The largest absolute Gasteiger partial charge is 0.457 e. The molecule has 1 unspecified atom stereocenters. The van der Waals surface area contributed by atoms with Gasteiger partial charge >= 0.3 is 0 Å². The fourth-order valence-electron chi connectivity index (χ4n) is 4.26. The molecule has 0 saturated carbocycles. The number of amides is 2. The number of aromatic nitrogens is 3. The molecule has 8 heteroatoms. The lowest BCUT2D eigenvalue weighted by Gasteiger charge is -2.12. The maximum absolute atomic E-state index is 12.3. The molecule has 1 aliphatic rings. The number of hydrogen-bond acceptors (Lipinski definition) is 4. The summed E-state index contributed by atoms with van der Waals surface area (Å²) in [5.41, 5.74) is 8.74. The molecule has 3 N–H and O–H groups in total. The predicted molar refractivity (Wildman–Crippen MR) is 123 cm³/mol. The van der Waals surface area contributed by atoms with Crippen LogP contribution in [0.1, 0.15) is 28.4 Å². The first-order chi connectivity index (χ1) is 16.0. The maximum atomic E-state index is 12.3. The number of nitrogens with one attached hydrogen (secondary N) is 1. The Morgan fingerprint density at radius 2 is 1.85 bits per heavy atom. The van der Waals surface area contributed by atoms with E-state index in [1.54, 1.807) is 9.42 Å². The summed E-state index contributed by atoms with van der Waals surface area (Å²) in [5.74, 6) is 2.72. The average Bonchev–Trinajstić information content (AvgIpc) is 3.54. The van der Waals surface area contributed by atoms with Gasteiger partial charge in [-0.1, -0.05) is 18.2 Å². The second-order valence-corrected chi connectivity index (χ2v) is 7.88. The van der Waals surface area contributed by atoms with Gasteiger partial charge in [-0.25, -0.2) is 9.50 Å². The van der Waals surface area contributed by atoms with E-state index in [1.807, 2.05) is 60.8 Å². The minimum atomic E-state index is -0.592. The van der Waals surface area contributed by atoms with Crippen LogP contribution in [0.3, 0.4) is 0 Å². The number of para-hydroxylation sites is 1. The van der Waals surface area contributed by atoms with Crippen molar-refractivity contribution in [2.45, 2.75) is 12.3 Å². The molecule has 0 aliphatic carbocycles. The first-order valence-corrected chi connectivity index (χ1v) is 10.5. The van der Waals surface area contributed by atoms with Gasteiger partial charge in [0.25, 0.3) is 11.8 Å². The Kier molecular flexibility index (Phi) is 5.07. The summed E-state index contributed by atoms with van der Waals surface area (Å²) in [6.45, 7) is 1.10. The van der Waals surface area contributed by atoms with Gasteiger partial charge in [0.05, 0.1) is 0 Å². The Bertz CT molecular complexity index is 1380. The number of terminal acetylenes is 1. The number of imidazole rings is 1. The van der Waals surface area contributed by atoms with Gasteiger partial charge in [-0.05, 0) is 48.7 Å². The van der Waals surface area contributed by atoms with Crippen molar-refractivity contribution in [2.24, 2.45) is 5.73 Å². The summed E-state index contributed by atoms with van der Waals surface area (Å²) in [6, 6.07) is 16.8. The number of H-pyrrole nitrogens is 1. The maximum Gasteiger partial charge on any atom is 0.298 e. The van der Waals surface area contributed by atoms with Gasteiger partial charge in [0.2, 0.25) is 0 Å². The number of hydrogen-bond donors (Lipinski definition) is 2. The molecule has 2 aromatic carbocycles. The average molecular weight is 439 g/mol. The highest BCUT2D eigenvalue weighted by Gasteiger charge is 2.31. The molecular formula is C25H21N5O3. The van der Waals surface area contributed by atoms with E-state index in [0.717, 1.165) is 23.3 Å². The van der Waals surface area contributed by atoms with Crippen LogP contribution in [-0.4, -0.2) is 44.4 Å². The second kappa shape index (κ2) is 8.20. The van der Waals surface area contributed by atoms with Gasteiger partial charge in [-0.2, -0.15) is 0 Å². The number of carbonyl (C=O) groups is 2. The molecule has 2 aromatic heterocycles. The van der Waals surface area contributed by atoms with Crippen molar-refractivity contribution in [3.05, 3.63) is 72.1 Å². The Balaban J connectivity index is 1.47. The summed E-state index contributed by atoms with van der Waals surface area (Å²) in [4.78, 5) is 30.6. The molecule has 1 atom stereocenters. The summed E-state index contributed by atoms with van der Waals surface area (Å²) < 4.78 is 7.45. The van der Waals surface area contributed by atoms with Crippen molar-refractivity contribution >= 4 is 17.5 Å². The van der Waals surface area contributed by atoms with Crippen molar-refractivity contribution in [1.29, 1.82) is 0 Å². The molecule has 0 spiro atoms. The SMILES string of the molecule is C#CC(=O)N1CCC(c2c[nH]n3c(C(N)=O)c(-c4ccc(Oc5ccccc5)cc4)nc23)C1. The van der Waals surface area contributed by atoms with E-state index in [9.17, 15) is 9.59 Å². The number of primary amides is 1. The minimum absolute atomic E-state index is 0.0636. The summed E-state index contributed by atoms with van der Waals surface area (Å²) in [7, 11) is 0. The highest BCUT2D eigenvalue weighted by atomic mass is 16.5. The molecule has 1 aliphatic heterocycles. The quantitative estimate of drug-likeness (QED) is 0.466. The minimum Gasteiger partial charge on any atom is -0.457 e. The Morgan fingerprint density at radius 1 is 1.12 bits per heavy atom. The summed E-state index contributed by atoms with van der Waals surface area (Å²) in [6.07, 6.45) is 7.83. The van der Waals surface area contributed by atoms with Crippen LogP contribution in [0.25, 0.3) is 16.9 Å². The van der Waals surface area contributed by atoms with Gasteiger partial charge < -0.3 is 15.4 Å². The van der Waals surface area contributed by atoms with Crippen molar-refractivity contribution in [3.63, 3.8) is 0 Å². The van der Waals surface area contributed by atoms with E-state index >= 15 is 0 Å². The third kappa shape index (κ3) is 3.70. The summed E-state index contributed by atoms with van der Waals surface area (Å²) >= 11 is 0. The molecule has 0 radical (unpaired) electrons. The molecule has 1 saturated heterocycles. The van der Waals surface area contributed by atoms with Gasteiger partial charge in [-0.15, -0.1) is 6.42 Å². The number of nitrogens with zero attached hydrogens (tertiary/aromatic N) is 3. The van der Waals surface area contributed by atoms with Crippen LogP contribution in [-0.2, 0) is 4.79 Å². The second-order valence-electron chi connectivity index (χ2n) is 7.88. The lowest BCUT2D eigenvalue weighted by Crippen LogP contribution is -2.26. The van der Waals surface area contributed by atoms with E-state index in [-0.39, 0.29) is 17.5 Å². The highest BCUT2D eigenvalue weighted by Crippen LogP contribution is 2.33. The van der Waals surface area contributed by atoms with Crippen LogP contribution in [0.15, 0.2) is 60.8 Å². The number of benzene rings is 2. The molecular weight excluding hydrogens is 418 g/mol. The van der Waals surface area contributed by atoms with Crippen molar-refractivity contribution < 1.29 is 14.3 Å². The third-order valence-electron chi connectivity index (χ3n) is 5.86. The van der Waals surface area contributed by atoms with Crippen LogP contribution in [0.2, 0.25) is 0 Å². The van der Waals surface area contributed by atoms with E-state index in [1.165, 1.54) is 0 Å². The van der Waals surface area contributed by atoms with Crippen molar-refractivity contribution in [1.82, 2.24) is 19.5 Å². The van der Waals surface area contributed by atoms with Gasteiger partial charge in [-0.3, -0.25) is 14.7 Å².